The second-order valence-corrected chi connectivity index (χ2v) is 3.19. The predicted octanol–water partition coefficient (Wildman–Crippen LogP) is 2.04. The minimum atomic E-state index is 0.753. The zero-order valence-corrected chi connectivity index (χ0v) is 8.49. The minimum Gasteiger partial charge on any atom is -0.287 e. The van der Waals surface area contributed by atoms with Crippen LogP contribution in [0.1, 0.15) is 18.2 Å². The molecule has 4 nitrogen and oxygen atoms in total. The maximum absolute atomic E-state index is 4.35. The topological polar surface area (TPSA) is 49.3 Å². The van der Waals surface area contributed by atoms with Gasteiger partial charge in [0.15, 0.2) is 0 Å². The zero-order chi connectivity index (χ0) is 10.7. The molecule has 1 aromatic heterocycles. The van der Waals surface area contributed by atoms with Gasteiger partial charge >= 0.3 is 0 Å². The van der Waals surface area contributed by atoms with Gasteiger partial charge in [-0.05, 0) is 30.7 Å². The van der Waals surface area contributed by atoms with E-state index in [9.17, 15) is 0 Å². The number of pyridine rings is 1. The van der Waals surface area contributed by atoms with Crippen molar-refractivity contribution in [2.45, 2.75) is 6.92 Å². The molecule has 1 aliphatic heterocycles. The molecule has 1 aliphatic rings. The normalized spacial score (nSPS) is 15.9. The van der Waals surface area contributed by atoms with Crippen molar-refractivity contribution >= 4 is 23.8 Å². The van der Waals surface area contributed by atoms with Crippen LogP contribution in [-0.4, -0.2) is 10.8 Å². The SMILES string of the molecule is C=Cc1cc2nc(c1)NNC(C)=N/C=C\2. The average molecular weight is 200 g/mol. The Labute approximate surface area is 88.4 Å². The summed E-state index contributed by atoms with van der Waals surface area (Å²) >= 11 is 0. The molecule has 76 valence electrons. The number of hydrogen-bond donors (Lipinski definition) is 2. The second kappa shape index (κ2) is 3.96. The summed E-state index contributed by atoms with van der Waals surface area (Å²) in [6.07, 6.45) is 5.36. The highest BCUT2D eigenvalue weighted by Crippen LogP contribution is 2.13. The lowest BCUT2D eigenvalue weighted by Gasteiger charge is -2.08. The van der Waals surface area contributed by atoms with Gasteiger partial charge in [-0.2, -0.15) is 0 Å². The summed E-state index contributed by atoms with van der Waals surface area (Å²) in [5, 5.41) is 0. The Morgan fingerprint density at radius 1 is 1.33 bits per heavy atom. The largest absolute Gasteiger partial charge is 0.287 e. The highest BCUT2D eigenvalue weighted by Gasteiger charge is 2.00. The van der Waals surface area contributed by atoms with E-state index in [-0.39, 0.29) is 0 Å². The first-order valence-corrected chi connectivity index (χ1v) is 4.65. The minimum absolute atomic E-state index is 0.753. The molecule has 2 bridgehead atoms. The summed E-state index contributed by atoms with van der Waals surface area (Å²) in [5.41, 5.74) is 7.79. The van der Waals surface area contributed by atoms with Gasteiger partial charge in [-0.1, -0.05) is 12.7 Å². The van der Waals surface area contributed by atoms with E-state index < -0.39 is 0 Å². The van der Waals surface area contributed by atoms with E-state index in [4.69, 9.17) is 0 Å². The smallest absolute Gasteiger partial charge is 0.145 e. The number of fused-ring (bicyclic) bond motifs is 2. The molecule has 0 saturated heterocycles. The van der Waals surface area contributed by atoms with Crippen LogP contribution in [0.3, 0.4) is 0 Å². The van der Waals surface area contributed by atoms with Gasteiger partial charge in [0, 0.05) is 6.20 Å². The molecule has 0 atom stereocenters. The standard InChI is InChI=1S/C11H12N4/c1-3-9-6-10-4-5-12-8(2)14-15-11(7-9)13-10/h3-7H,1H2,2H3,(H,12,14)(H,13,15)/b5-4-. The second-order valence-electron chi connectivity index (χ2n) is 3.19. The van der Waals surface area contributed by atoms with Crippen LogP contribution < -0.4 is 10.9 Å². The molecule has 4 heteroatoms. The molecule has 0 radical (unpaired) electrons. The molecule has 0 aromatic carbocycles. The van der Waals surface area contributed by atoms with Crippen molar-refractivity contribution in [1.29, 1.82) is 0 Å². The maximum Gasteiger partial charge on any atom is 0.145 e. The molecule has 15 heavy (non-hydrogen) atoms. The van der Waals surface area contributed by atoms with Crippen LogP contribution in [0.15, 0.2) is 29.9 Å². The Bertz CT molecular complexity index is 446. The van der Waals surface area contributed by atoms with Crippen molar-refractivity contribution in [3.8, 4) is 0 Å². The van der Waals surface area contributed by atoms with Gasteiger partial charge in [0.1, 0.15) is 11.7 Å². The van der Waals surface area contributed by atoms with Crippen LogP contribution in [0.25, 0.3) is 12.2 Å². The molecule has 0 aliphatic carbocycles. The number of hydrogen-bond acceptors (Lipinski definition) is 4. The molecule has 0 amide bonds. The summed E-state index contributed by atoms with van der Waals surface area (Å²) in [7, 11) is 0. The first kappa shape index (κ1) is 9.45. The number of nitrogens with zero attached hydrogens (tertiary/aromatic N) is 2. The molecule has 2 heterocycles. The third-order valence-corrected chi connectivity index (χ3v) is 1.99. The van der Waals surface area contributed by atoms with Gasteiger partial charge in [0.25, 0.3) is 0 Å². The maximum atomic E-state index is 4.35. The monoisotopic (exact) mass is 200 g/mol. The summed E-state index contributed by atoms with van der Waals surface area (Å²) in [4.78, 5) is 8.51. The van der Waals surface area contributed by atoms with Crippen molar-refractivity contribution in [3.05, 3.63) is 36.2 Å². The van der Waals surface area contributed by atoms with Crippen molar-refractivity contribution in [2.24, 2.45) is 4.99 Å². The lowest BCUT2D eigenvalue weighted by atomic mass is 10.2. The van der Waals surface area contributed by atoms with Gasteiger partial charge in [-0.15, -0.1) is 0 Å². The highest BCUT2D eigenvalue weighted by atomic mass is 15.4. The molecule has 2 N–H and O–H groups in total. The van der Waals surface area contributed by atoms with E-state index in [0.717, 1.165) is 22.9 Å². The van der Waals surface area contributed by atoms with Gasteiger partial charge in [0.05, 0.1) is 5.69 Å². The Hall–Kier alpha value is -2.10. The fourth-order valence-corrected chi connectivity index (χ4v) is 1.25. The predicted molar refractivity (Wildman–Crippen MR) is 63.2 cm³/mol. The van der Waals surface area contributed by atoms with Crippen molar-refractivity contribution < 1.29 is 0 Å². The molecule has 1 aromatic rings. The first-order valence-electron chi connectivity index (χ1n) is 4.65. The summed E-state index contributed by atoms with van der Waals surface area (Å²) in [5.74, 6) is 1.54. The summed E-state index contributed by atoms with van der Waals surface area (Å²) < 4.78 is 0. The van der Waals surface area contributed by atoms with Crippen LogP contribution in [-0.2, 0) is 0 Å². The number of anilines is 1. The molecular weight excluding hydrogens is 188 g/mol. The third kappa shape index (κ3) is 2.22. The zero-order valence-electron chi connectivity index (χ0n) is 8.49. The van der Waals surface area contributed by atoms with Gasteiger partial charge in [0.2, 0.25) is 0 Å². The van der Waals surface area contributed by atoms with E-state index in [0.29, 0.717) is 0 Å². The van der Waals surface area contributed by atoms with E-state index in [1.54, 1.807) is 12.3 Å². The molecule has 2 rings (SSSR count). The van der Waals surface area contributed by atoms with Gasteiger partial charge in [-0.3, -0.25) is 10.9 Å². The van der Waals surface area contributed by atoms with E-state index in [2.05, 4.69) is 27.4 Å². The Morgan fingerprint density at radius 2 is 2.20 bits per heavy atom. The van der Waals surface area contributed by atoms with Crippen LogP contribution in [0, 0.1) is 0 Å². The van der Waals surface area contributed by atoms with E-state index in [1.165, 1.54) is 0 Å². The molecular formula is C11H12N4. The summed E-state index contributed by atoms with van der Waals surface area (Å²) in [6, 6.07) is 3.86. The van der Waals surface area contributed by atoms with Crippen LogP contribution >= 0.6 is 0 Å². The Balaban J connectivity index is 2.45. The number of amidine groups is 1. The fraction of sp³-hybridized carbons (Fsp3) is 0.0909. The molecule has 0 fully saturated rings. The number of aliphatic imine (C=N–C) groups is 1. The molecule has 0 unspecified atom stereocenters. The lowest BCUT2D eigenvalue weighted by Crippen LogP contribution is -2.27. The first-order chi connectivity index (χ1) is 7.28. The Kier molecular flexibility index (Phi) is 2.49. The van der Waals surface area contributed by atoms with E-state index in [1.807, 2.05) is 25.1 Å². The summed E-state index contributed by atoms with van der Waals surface area (Å²) in [6.45, 7) is 5.61. The number of aromatic nitrogens is 1. The quantitative estimate of drug-likeness (QED) is 0.729. The lowest BCUT2D eigenvalue weighted by molar-refractivity contribution is 1.07. The van der Waals surface area contributed by atoms with Crippen LogP contribution in [0.4, 0.5) is 5.82 Å². The molecule has 0 saturated carbocycles. The molecule has 0 spiro atoms. The fourth-order valence-electron chi connectivity index (χ4n) is 1.25. The third-order valence-electron chi connectivity index (χ3n) is 1.99. The van der Waals surface area contributed by atoms with Crippen LogP contribution in [0.5, 0.6) is 0 Å². The average Bonchev–Trinajstić information content (AvgIpc) is 2.30. The van der Waals surface area contributed by atoms with Crippen molar-refractivity contribution in [2.75, 3.05) is 5.43 Å². The van der Waals surface area contributed by atoms with Crippen molar-refractivity contribution in [1.82, 2.24) is 10.4 Å². The number of hydrazine groups is 1. The number of nitrogens with one attached hydrogen (secondary N) is 2. The van der Waals surface area contributed by atoms with Crippen LogP contribution in [0.2, 0.25) is 0 Å². The van der Waals surface area contributed by atoms with Gasteiger partial charge < -0.3 is 0 Å². The van der Waals surface area contributed by atoms with Gasteiger partial charge in [-0.25, -0.2) is 9.98 Å². The number of rotatable bonds is 1. The Morgan fingerprint density at radius 3 is 3.00 bits per heavy atom. The van der Waals surface area contributed by atoms with Crippen molar-refractivity contribution in [3.63, 3.8) is 0 Å². The van der Waals surface area contributed by atoms with E-state index >= 15 is 0 Å². The highest BCUT2D eigenvalue weighted by molar-refractivity contribution is 5.82.